The highest BCUT2D eigenvalue weighted by atomic mass is 16.5. The molecule has 5 saturated carbocycles. The maximum absolute atomic E-state index is 11.9. The van der Waals surface area contributed by atoms with Crippen LogP contribution in [0.3, 0.4) is 0 Å². The molecule has 0 heterocycles. The smallest absolute Gasteiger partial charge is 0.302 e. The molecule has 5 heteroatoms. The summed E-state index contributed by atoms with van der Waals surface area (Å²) in [5.74, 6) is 2.14. The van der Waals surface area contributed by atoms with Gasteiger partial charge in [0.1, 0.15) is 6.10 Å². The van der Waals surface area contributed by atoms with Gasteiger partial charge < -0.3 is 14.6 Å². The normalized spacial score (nSPS) is 50.0. The molecule has 0 bridgehead atoms. The first-order chi connectivity index (χ1) is 17.6. The van der Waals surface area contributed by atoms with Gasteiger partial charge in [-0.1, -0.05) is 34.6 Å². The Morgan fingerprint density at radius 3 is 2.16 bits per heavy atom. The summed E-state index contributed by atoms with van der Waals surface area (Å²) in [4.78, 5) is 23.8. The van der Waals surface area contributed by atoms with Crippen molar-refractivity contribution in [3.8, 4) is 0 Å². The molecule has 216 valence electrons. The number of fused-ring (bicyclic) bond motifs is 7. The second-order valence-corrected chi connectivity index (χ2v) is 15.7. The van der Waals surface area contributed by atoms with E-state index in [4.69, 9.17) is 9.47 Å². The van der Waals surface area contributed by atoms with Crippen LogP contribution in [-0.2, 0) is 19.1 Å². The molecule has 0 radical (unpaired) electrons. The lowest BCUT2D eigenvalue weighted by Gasteiger charge is -2.73. The molecule has 5 aliphatic carbocycles. The van der Waals surface area contributed by atoms with E-state index in [0.717, 1.165) is 32.1 Å². The molecular formula is C33H54O5. The highest BCUT2D eigenvalue weighted by molar-refractivity contribution is 5.66. The lowest BCUT2D eigenvalue weighted by molar-refractivity contribution is -0.254. The van der Waals surface area contributed by atoms with Gasteiger partial charge in [-0.25, -0.2) is 0 Å². The third-order valence-corrected chi connectivity index (χ3v) is 14.1. The number of esters is 2. The minimum absolute atomic E-state index is 0.0104. The van der Waals surface area contributed by atoms with Crippen molar-refractivity contribution in [3.05, 3.63) is 0 Å². The summed E-state index contributed by atoms with van der Waals surface area (Å²) in [6, 6.07) is 0. The van der Waals surface area contributed by atoms with E-state index >= 15 is 0 Å². The first-order valence-electron chi connectivity index (χ1n) is 15.6. The molecule has 0 aliphatic heterocycles. The lowest BCUT2D eigenvalue weighted by Crippen LogP contribution is -2.67. The van der Waals surface area contributed by atoms with Crippen LogP contribution in [0.5, 0.6) is 0 Å². The van der Waals surface area contributed by atoms with Gasteiger partial charge in [-0.05, 0) is 117 Å². The van der Waals surface area contributed by atoms with Gasteiger partial charge in [0.05, 0.1) is 12.7 Å². The quantitative estimate of drug-likeness (QED) is 0.399. The Bertz CT molecular complexity index is 957. The van der Waals surface area contributed by atoms with E-state index in [-0.39, 0.29) is 51.2 Å². The van der Waals surface area contributed by atoms with Crippen molar-refractivity contribution in [2.75, 3.05) is 6.61 Å². The highest BCUT2D eigenvalue weighted by Gasteiger charge is 2.71. The maximum Gasteiger partial charge on any atom is 0.302 e. The van der Waals surface area contributed by atoms with Crippen LogP contribution in [0.2, 0.25) is 0 Å². The van der Waals surface area contributed by atoms with E-state index < -0.39 is 0 Å². The Hall–Kier alpha value is -1.10. The van der Waals surface area contributed by atoms with Gasteiger partial charge in [0.15, 0.2) is 0 Å². The number of carbonyl (C=O) groups is 2. The Labute approximate surface area is 231 Å². The van der Waals surface area contributed by atoms with Crippen LogP contribution in [0.1, 0.15) is 120 Å². The molecule has 0 aromatic carbocycles. The van der Waals surface area contributed by atoms with Crippen LogP contribution < -0.4 is 0 Å². The van der Waals surface area contributed by atoms with E-state index in [0.29, 0.717) is 36.2 Å². The lowest BCUT2D eigenvalue weighted by atomic mass is 9.32. The fraction of sp³-hybridized carbons (Fsp3) is 0.939. The molecule has 0 unspecified atom stereocenters. The number of hydrogen-bond acceptors (Lipinski definition) is 5. The van der Waals surface area contributed by atoms with Gasteiger partial charge in [-0.15, -0.1) is 0 Å². The minimum Gasteiger partial charge on any atom is -0.465 e. The maximum atomic E-state index is 11.9. The van der Waals surface area contributed by atoms with Crippen molar-refractivity contribution < 1.29 is 24.2 Å². The zero-order valence-electron chi connectivity index (χ0n) is 25.4. The Morgan fingerprint density at radius 2 is 1.53 bits per heavy atom. The van der Waals surface area contributed by atoms with E-state index in [9.17, 15) is 14.7 Å². The summed E-state index contributed by atoms with van der Waals surface area (Å²) in [7, 11) is 0. The van der Waals surface area contributed by atoms with Crippen LogP contribution in [0.4, 0.5) is 0 Å². The number of ether oxygens (including phenoxy) is 2. The number of aliphatic hydroxyl groups excluding tert-OH is 1. The molecule has 0 aromatic heterocycles. The van der Waals surface area contributed by atoms with Crippen molar-refractivity contribution in [2.24, 2.45) is 56.7 Å². The van der Waals surface area contributed by atoms with Crippen molar-refractivity contribution >= 4 is 11.9 Å². The van der Waals surface area contributed by atoms with Gasteiger partial charge in [-0.3, -0.25) is 9.59 Å². The summed E-state index contributed by atoms with van der Waals surface area (Å²) >= 11 is 0. The molecule has 5 nitrogen and oxygen atoms in total. The van der Waals surface area contributed by atoms with E-state index in [1.54, 1.807) is 6.92 Å². The van der Waals surface area contributed by atoms with E-state index in [1.165, 1.54) is 39.0 Å². The molecule has 11 atom stereocenters. The zero-order valence-corrected chi connectivity index (χ0v) is 25.4. The molecule has 38 heavy (non-hydrogen) atoms. The van der Waals surface area contributed by atoms with Gasteiger partial charge >= 0.3 is 11.9 Å². The van der Waals surface area contributed by atoms with Crippen LogP contribution in [0.15, 0.2) is 0 Å². The molecule has 5 aliphatic rings. The molecule has 5 rings (SSSR count). The Morgan fingerprint density at radius 1 is 0.816 bits per heavy atom. The fourth-order valence-corrected chi connectivity index (χ4v) is 12.2. The summed E-state index contributed by atoms with van der Waals surface area (Å²) in [6.45, 7) is 18.1. The molecule has 0 aromatic rings. The van der Waals surface area contributed by atoms with E-state index in [2.05, 4.69) is 34.6 Å². The fourth-order valence-electron chi connectivity index (χ4n) is 12.2. The molecule has 0 amide bonds. The van der Waals surface area contributed by atoms with Crippen molar-refractivity contribution in [3.63, 3.8) is 0 Å². The number of hydrogen-bond donors (Lipinski definition) is 1. The molecule has 0 spiro atoms. The Kier molecular flexibility index (Phi) is 6.89. The van der Waals surface area contributed by atoms with Crippen LogP contribution in [0, 0.1) is 56.7 Å². The second kappa shape index (κ2) is 9.21. The second-order valence-electron chi connectivity index (χ2n) is 15.7. The third kappa shape index (κ3) is 3.86. The third-order valence-electron chi connectivity index (χ3n) is 14.1. The molecule has 1 N–H and O–H groups in total. The first-order valence-corrected chi connectivity index (χ1v) is 15.6. The van der Waals surface area contributed by atoms with Crippen molar-refractivity contribution in [2.45, 2.75) is 132 Å². The summed E-state index contributed by atoms with van der Waals surface area (Å²) in [5, 5.41) is 11.0. The molecule has 0 saturated heterocycles. The zero-order chi connectivity index (χ0) is 27.9. The number of carbonyl (C=O) groups excluding carboxylic acids is 2. The van der Waals surface area contributed by atoms with Gasteiger partial charge in [-0.2, -0.15) is 0 Å². The standard InChI is InChI=1S/C33H54O5/c1-20(34)23-11-16-33(19-37-21(2)35)18-17-31(7)24(28(23)33)9-10-26-30(6)14-13-27(38-22(3)36)29(4,5)25(30)12-15-32(26,31)8/h20,23-28,34H,9-19H2,1-8H3/t20-,23+,24+,25+,26-,27+,28+,30-,31-,32+,33+/m1/s1. The van der Waals surface area contributed by atoms with Crippen molar-refractivity contribution in [1.82, 2.24) is 0 Å². The SMILES string of the molecule is CC(=O)OC[C@@]12CC[C@@H]([C@@H](C)O)[C@H]1[C@@H]1CC[C@@H]3[C@]4(C)CC[C@H](OC(C)=O)C(C)(C)[C@@H]4CC[C@]3(C)[C@]1(C)CC2. The van der Waals surface area contributed by atoms with Gasteiger partial charge in [0.25, 0.3) is 0 Å². The average Bonchev–Trinajstić information content (AvgIpc) is 3.20. The van der Waals surface area contributed by atoms with E-state index in [1.807, 2.05) is 6.92 Å². The Balaban J connectivity index is 1.49. The van der Waals surface area contributed by atoms with Crippen LogP contribution in [0.25, 0.3) is 0 Å². The monoisotopic (exact) mass is 530 g/mol. The van der Waals surface area contributed by atoms with Gasteiger partial charge in [0, 0.05) is 24.7 Å². The first kappa shape index (κ1) is 28.4. The predicted molar refractivity (Wildman–Crippen MR) is 148 cm³/mol. The number of aliphatic hydroxyl groups is 1. The topological polar surface area (TPSA) is 72.8 Å². The minimum atomic E-state index is -0.322. The molecule has 5 fully saturated rings. The van der Waals surface area contributed by atoms with Crippen LogP contribution >= 0.6 is 0 Å². The summed E-state index contributed by atoms with van der Waals surface area (Å²) < 4.78 is 11.7. The highest BCUT2D eigenvalue weighted by Crippen LogP contribution is 2.77. The summed E-state index contributed by atoms with van der Waals surface area (Å²) in [5.41, 5.74) is 0.693. The number of rotatable bonds is 4. The predicted octanol–water partition coefficient (Wildman–Crippen LogP) is 6.94. The van der Waals surface area contributed by atoms with Gasteiger partial charge in [0.2, 0.25) is 0 Å². The van der Waals surface area contributed by atoms with Crippen molar-refractivity contribution in [1.29, 1.82) is 0 Å². The largest absolute Gasteiger partial charge is 0.465 e. The summed E-state index contributed by atoms with van der Waals surface area (Å²) in [6.07, 6.45) is 11.1. The molecular weight excluding hydrogens is 476 g/mol. The average molecular weight is 531 g/mol. The van der Waals surface area contributed by atoms with Crippen LogP contribution in [-0.4, -0.2) is 35.9 Å².